The van der Waals surface area contributed by atoms with Crippen LogP contribution in [0.5, 0.6) is 17.2 Å². The average molecular weight is 526 g/mol. The molecule has 0 N–H and O–H groups in total. The summed E-state index contributed by atoms with van der Waals surface area (Å²) in [6, 6.07) is 33.1. The number of ether oxygens (including phenoxy) is 4. The summed E-state index contributed by atoms with van der Waals surface area (Å²) in [6.45, 7) is 1.82. The first-order valence-electron chi connectivity index (χ1n) is 12.6. The molecule has 5 rings (SSSR count). The van der Waals surface area contributed by atoms with E-state index >= 15 is 0 Å². The van der Waals surface area contributed by atoms with Gasteiger partial charge in [0, 0.05) is 17.7 Å². The van der Waals surface area contributed by atoms with Gasteiger partial charge in [-0.2, -0.15) is 0 Å². The van der Waals surface area contributed by atoms with E-state index in [2.05, 4.69) is 0 Å². The zero-order chi connectivity index (χ0) is 27.2. The van der Waals surface area contributed by atoms with E-state index in [0.29, 0.717) is 17.2 Å². The fraction of sp³-hybridized carbons (Fsp3) is 0.194. The highest BCUT2D eigenvalue weighted by Crippen LogP contribution is 2.33. The molecule has 5 unspecified atom stereocenters. The number of hydrogen-bond acceptors (Lipinski definition) is 7. The second-order valence-corrected chi connectivity index (χ2v) is 9.12. The van der Waals surface area contributed by atoms with Crippen molar-refractivity contribution in [1.29, 1.82) is 0 Å². The van der Waals surface area contributed by atoms with Crippen LogP contribution in [-0.2, 0) is 4.74 Å². The van der Waals surface area contributed by atoms with Crippen molar-refractivity contribution in [2.24, 2.45) is 0 Å². The molecule has 1 fully saturated rings. The summed E-state index contributed by atoms with van der Waals surface area (Å²) in [4.78, 5) is 24.4. The van der Waals surface area contributed by atoms with E-state index in [1.54, 1.807) is 12.1 Å². The molecule has 8 nitrogen and oxygen atoms in total. The molecule has 0 spiro atoms. The highest BCUT2D eigenvalue weighted by Gasteiger charge is 2.51. The molecule has 0 amide bonds. The summed E-state index contributed by atoms with van der Waals surface area (Å²) in [6.07, 6.45) is -3.96. The number of hydrogen-bond donors (Lipinski definition) is 0. The van der Waals surface area contributed by atoms with Crippen LogP contribution in [0.2, 0.25) is 0 Å². The Bertz CT molecular complexity index is 1380. The third-order valence-corrected chi connectivity index (χ3v) is 6.44. The second-order valence-electron chi connectivity index (χ2n) is 9.12. The molecular weight excluding hydrogens is 498 g/mol. The van der Waals surface area contributed by atoms with Crippen LogP contribution < -0.4 is 14.2 Å². The molecule has 8 heteroatoms. The predicted octanol–water partition coefficient (Wildman–Crippen LogP) is 5.91. The maximum atomic E-state index is 13.8. The summed E-state index contributed by atoms with van der Waals surface area (Å²) in [5, 5.41) is 11.1. The monoisotopic (exact) mass is 525 g/mol. The van der Waals surface area contributed by atoms with Gasteiger partial charge in [-0.3, -0.25) is 14.9 Å². The largest absolute Gasteiger partial charge is 0.484 e. The number of carbonyl (C=O) groups excluding carboxylic acids is 1. The zero-order valence-electron chi connectivity index (χ0n) is 21.2. The first kappa shape index (κ1) is 25.9. The Morgan fingerprint density at radius 2 is 1.10 bits per heavy atom. The van der Waals surface area contributed by atoms with Gasteiger partial charge in [-0.15, -0.1) is 0 Å². The molecule has 5 atom stereocenters. The standard InChI is InChI=1S/C31H27NO7/c1-21-28(37-24-11-5-2-6-12-24)30(38-25-13-7-3-8-14-25)31(39-26-15-9-4-10-16-26)29(36-21)27(33)22-17-19-23(20-18-22)32(34)35/h2-21,28-31H,1H3. The van der Waals surface area contributed by atoms with E-state index in [1.807, 2.05) is 85.8 Å². The summed E-state index contributed by atoms with van der Waals surface area (Å²) >= 11 is 0. The van der Waals surface area contributed by atoms with Crippen LogP contribution in [-0.4, -0.2) is 41.2 Å². The number of ketones is 1. The third-order valence-electron chi connectivity index (χ3n) is 6.44. The maximum Gasteiger partial charge on any atom is 0.269 e. The molecule has 0 saturated carbocycles. The van der Waals surface area contributed by atoms with Crippen molar-refractivity contribution in [3.05, 3.63) is 131 Å². The van der Waals surface area contributed by atoms with Crippen molar-refractivity contribution in [3.8, 4) is 17.2 Å². The van der Waals surface area contributed by atoms with E-state index in [4.69, 9.17) is 18.9 Å². The minimum atomic E-state index is -1.08. The fourth-order valence-corrected chi connectivity index (χ4v) is 4.53. The number of Topliss-reactive ketones (excluding diaryl/α,β-unsaturated/α-hetero) is 1. The van der Waals surface area contributed by atoms with E-state index < -0.39 is 35.4 Å². The first-order valence-corrected chi connectivity index (χ1v) is 12.6. The van der Waals surface area contributed by atoms with E-state index in [1.165, 1.54) is 24.3 Å². The molecule has 4 aromatic rings. The lowest BCUT2D eigenvalue weighted by Crippen LogP contribution is -2.64. The van der Waals surface area contributed by atoms with Gasteiger partial charge in [0.1, 0.15) is 17.2 Å². The molecule has 0 aromatic heterocycles. The SMILES string of the molecule is CC1OC(C(=O)c2ccc([N+](=O)[O-])cc2)C(Oc2ccccc2)C(Oc2ccccc2)C1Oc1ccccc1. The third kappa shape index (κ3) is 6.08. The van der Waals surface area contributed by atoms with Crippen molar-refractivity contribution in [2.45, 2.75) is 37.4 Å². The minimum Gasteiger partial charge on any atom is -0.484 e. The van der Waals surface area contributed by atoms with Crippen LogP contribution in [0.4, 0.5) is 5.69 Å². The van der Waals surface area contributed by atoms with E-state index in [9.17, 15) is 14.9 Å². The summed E-state index contributed by atoms with van der Waals surface area (Å²) in [5.41, 5.74) is 0.156. The normalized spacial score (nSPS) is 22.4. The number of para-hydroxylation sites is 3. The topological polar surface area (TPSA) is 97.1 Å². The van der Waals surface area contributed by atoms with Crippen LogP contribution in [0, 0.1) is 10.1 Å². The molecule has 39 heavy (non-hydrogen) atoms. The Morgan fingerprint density at radius 1 is 0.667 bits per heavy atom. The number of carbonyl (C=O) groups is 1. The van der Waals surface area contributed by atoms with Crippen LogP contribution in [0.15, 0.2) is 115 Å². The van der Waals surface area contributed by atoms with Gasteiger partial charge in [0.25, 0.3) is 5.69 Å². The number of rotatable bonds is 9. The molecule has 1 aliphatic heterocycles. The van der Waals surface area contributed by atoms with Gasteiger partial charge in [0.15, 0.2) is 30.2 Å². The van der Waals surface area contributed by atoms with Gasteiger partial charge >= 0.3 is 0 Å². The number of nitrogens with zero attached hydrogens (tertiary/aromatic N) is 1. The van der Waals surface area contributed by atoms with E-state index in [0.717, 1.165) is 0 Å². The minimum absolute atomic E-state index is 0.108. The van der Waals surface area contributed by atoms with Crippen molar-refractivity contribution >= 4 is 11.5 Å². The molecule has 1 heterocycles. The molecule has 0 bridgehead atoms. The lowest BCUT2D eigenvalue weighted by molar-refractivity contribution is -0.384. The Balaban J connectivity index is 1.54. The number of nitro groups is 1. The van der Waals surface area contributed by atoms with Crippen molar-refractivity contribution in [2.75, 3.05) is 0 Å². The number of benzene rings is 4. The smallest absolute Gasteiger partial charge is 0.269 e. The molecule has 1 saturated heterocycles. The molecule has 0 aliphatic carbocycles. The van der Waals surface area contributed by atoms with Crippen LogP contribution >= 0.6 is 0 Å². The van der Waals surface area contributed by atoms with Crippen molar-refractivity contribution in [1.82, 2.24) is 0 Å². The molecule has 4 aromatic carbocycles. The Morgan fingerprint density at radius 3 is 1.56 bits per heavy atom. The molecule has 0 radical (unpaired) electrons. The van der Waals surface area contributed by atoms with Crippen LogP contribution in [0.3, 0.4) is 0 Å². The first-order chi connectivity index (χ1) is 19.0. The number of nitro benzene ring substituents is 1. The van der Waals surface area contributed by atoms with Crippen molar-refractivity contribution < 1.29 is 28.7 Å². The van der Waals surface area contributed by atoms with Gasteiger partial charge in [-0.05, 0) is 55.5 Å². The number of non-ortho nitro benzene ring substituents is 1. The lowest BCUT2D eigenvalue weighted by atomic mass is 9.90. The van der Waals surface area contributed by atoms with Gasteiger partial charge in [-0.25, -0.2) is 0 Å². The highest BCUT2D eigenvalue weighted by molar-refractivity contribution is 6.00. The summed E-state index contributed by atoms with van der Waals surface area (Å²) in [7, 11) is 0. The van der Waals surface area contributed by atoms with E-state index in [-0.39, 0.29) is 17.0 Å². The maximum absolute atomic E-state index is 13.8. The fourth-order valence-electron chi connectivity index (χ4n) is 4.53. The lowest BCUT2D eigenvalue weighted by Gasteiger charge is -2.44. The summed E-state index contributed by atoms with van der Waals surface area (Å²) < 4.78 is 25.6. The van der Waals surface area contributed by atoms with Crippen LogP contribution in [0.25, 0.3) is 0 Å². The molecule has 1 aliphatic rings. The predicted molar refractivity (Wildman–Crippen MR) is 144 cm³/mol. The quantitative estimate of drug-likeness (QED) is 0.152. The average Bonchev–Trinajstić information content (AvgIpc) is 2.97. The molecular formula is C31H27NO7. The highest BCUT2D eigenvalue weighted by atomic mass is 16.6. The Kier molecular flexibility index (Phi) is 7.84. The van der Waals surface area contributed by atoms with Gasteiger partial charge in [-0.1, -0.05) is 54.6 Å². The van der Waals surface area contributed by atoms with Crippen molar-refractivity contribution in [3.63, 3.8) is 0 Å². The molecule has 198 valence electrons. The Labute approximate surface area is 225 Å². The summed E-state index contributed by atoms with van der Waals surface area (Å²) in [5.74, 6) is 1.36. The van der Waals surface area contributed by atoms with Crippen LogP contribution in [0.1, 0.15) is 17.3 Å². The van der Waals surface area contributed by atoms with Gasteiger partial charge < -0.3 is 18.9 Å². The van der Waals surface area contributed by atoms with Gasteiger partial charge in [0.2, 0.25) is 0 Å². The second kappa shape index (κ2) is 11.8. The Hall–Kier alpha value is -4.69. The van der Waals surface area contributed by atoms with Gasteiger partial charge in [0.05, 0.1) is 11.0 Å². The zero-order valence-corrected chi connectivity index (χ0v) is 21.2.